The fraction of sp³-hybridized carbons (Fsp3) is 0.714. The number of hydrogen-bond donors (Lipinski definition) is 1. The number of hydrogen-bond acceptors (Lipinski definition) is 3. The first kappa shape index (κ1) is 13.3. The van der Waals surface area contributed by atoms with Gasteiger partial charge in [-0.1, -0.05) is 18.6 Å². The maximum Gasteiger partial charge on any atom is 0.138 e. The van der Waals surface area contributed by atoms with E-state index in [1.54, 1.807) is 6.33 Å². The highest BCUT2D eigenvalue weighted by atomic mass is 15.3. The van der Waals surface area contributed by atoms with E-state index >= 15 is 0 Å². The van der Waals surface area contributed by atoms with Crippen LogP contribution in [0.2, 0.25) is 0 Å². The van der Waals surface area contributed by atoms with Gasteiger partial charge in [-0.3, -0.25) is 0 Å². The Labute approximate surface area is 109 Å². The van der Waals surface area contributed by atoms with Crippen molar-refractivity contribution in [3.63, 3.8) is 0 Å². The van der Waals surface area contributed by atoms with Crippen LogP contribution < -0.4 is 5.32 Å². The molecule has 1 N–H and O–H groups in total. The molecule has 1 aliphatic carbocycles. The topological polar surface area (TPSA) is 42.7 Å². The van der Waals surface area contributed by atoms with Crippen molar-refractivity contribution >= 4 is 0 Å². The fourth-order valence-corrected chi connectivity index (χ4v) is 2.04. The summed E-state index contributed by atoms with van der Waals surface area (Å²) in [5, 5.41) is 7.78. The molecule has 2 rings (SSSR count). The second kappa shape index (κ2) is 6.69. The summed E-state index contributed by atoms with van der Waals surface area (Å²) in [5.41, 5.74) is 1.39. The predicted octanol–water partition coefficient (Wildman–Crippen LogP) is 2.32. The molecule has 100 valence electrons. The molecule has 0 aliphatic heterocycles. The van der Waals surface area contributed by atoms with E-state index in [1.807, 2.05) is 4.68 Å². The summed E-state index contributed by atoms with van der Waals surface area (Å²) in [7, 11) is 0. The number of aromatic nitrogens is 3. The zero-order valence-corrected chi connectivity index (χ0v) is 11.5. The van der Waals surface area contributed by atoms with Crippen molar-refractivity contribution in [2.45, 2.75) is 58.5 Å². The lowest BCUT2D eigenvalue weighted by Crippen LogP contribution is -2.16. The molecule has 0 saturated heterocycles. The maximum absolute atomic E-state index is 4.34. The Hall–Kier alpha value is -1.16. The number of rotatable bonds is 8. The predicted molar refractivity (Wildman–Crippen MR) is 73.4 cm³/mol. The first-order valence-corrected chi connectivity index (χ1v) is 7.05. The lowest BCUT2D eigenvalue weighted by molar-refractivity contribution is 0.574. The Balaban J connectivity index is 1.75. The molecule has 4 heteroatoms. The maximum atomic E-state index is 4.34. The van der Waals surface area contributed by atoms with E-state index in [-0.39, 0.29) is 0 Å². The minimum atomic E-state index is 0.811. The van der Waals surface area contributed by atoms with Gasteiger partial charge >= 0.3 is 0 Å². The molecule has 1 aromatic rings. The van der Waals surface area contributed by atoms with Crippen LogP contribution >= 0.6 is 0 Å². The monoisotopic (exact) mass is 248 g/mol. The van der Waals surface area contributed by atoms with E-state index in [0.29, 0.717) is 0 Å². The largest absolute Gasteiger partial charge is 0.314 e. The van der Waals surface area contributed by atoms with Crippen LogP contribution in [0.5, 0.6) is 0 Å². The molecule has 18 heavy (non-hydrogen) atoms. The molecular weight excluding hydrogens is 224 g/mol. The number of nitrogens with one attached hydrogen (secondary N) is 1. The summed E-state index contributed by atoms with van der Waals surface area (Å²) in [5.74, 6) is 1.08. The Morgan fingerprint density at radius 1 is 1.56 bits per heavy atom. The molecule has 0 amide bonds. The van der Waals surface area contributed by atoms with Crippen LogP contribution in [0.4, 0.5) is 0 Å². The van der Waals surface area contributed by atoms with Crippen molar-refractivity contribution in [1.82, 2.24) is 20.1 Å². The second-order valence-electron chi connectivity index (χ2n) is 5.14. The number of nitrogens with zero attached hydrogens (tertiary/aromatic N) is 3. The Bertz CT molecular complexity index is 390. The molecule has 0 aromatic carbocycles. The average molecular weight is 248 g/mol. The van der Waals surface area contributed by atoms with Crippen LogP contribution in [-0.2, 0) is 13.0 Å². The lowest BCUT2D eigenvalue weighted by Gasteiger charge is -2.05. The SMILES string of the molecule is CCCn1ncnc1CC(C)=CCCNC1CC1. The first-order chi connectivity index (χ1) is 8.79. The molecule has 1 fully saturated rings. The number of aryl methyl sites for hydroxylation is 1. The molecule has 0 spiro atoms. The molecule has 1 heterocycles. The van der Waals surface area contributed by atoms with Crippen molar-refractivity contribution in [2.24, 2.45) is 0 Å². The summed E-state index contributed by atoms with van der Waals surface area (Å²) >= 11 is 0. The van der Waals surface area contributed by atoms with Crippen molar-refractivity contribution in [2.75, 3.05) is 6.54 Å². The minimum absolute atomic E-state index is 0.811. The van der Waals surface area contributed by atoms with Crippen LogP contribution in [0.15, 0.2) is 18.0 Å². The molecule has 1 saturated carbocycles. The molecule has 0 radical (unpaired) electrons. The van der Waals surface area contributed by atoms with Crippen LogP contribution in [0.1, 0.15) is 45.4 Å². The summed E-state index contributed by atoms with van der Waals surface area (Å²) in [6.07, 6.45) is 9.84. The molecule has 0 bridgehead atoms. The Morgan fingerprint density at radius 2 is 2.39 bits per heavy atom. The summed E-state index contributed by atoms with van der Waals surface area (Å²) in [6.45, 7) is 6.41. The van der Waals surface area contributed by atoms with Gasteiger partial charge in [0.25, 0.3) is 0 Å². The molecule has 4 nitrogen and oxygen atoms in total. The van der Waals surface area contributed by atoms with E-state index in [1.165, 1.54) is 18.4 Å². The standard InChI is InChI=1S/C14H24N4/c1-3-9-18-14(16-11-17-18)10-12(2)5-4-8-15-13-6-7-13/h5,11,13,15H,3-4,6-10H2,1-2H3. The van der Waals surface area contributed by atoms with Gasteiger partial charge in [0.15, 0.2) is 0 Å². The first-order valence-electron chi connectivity index (χ1n) is 7.05. The molecule has 0 unspecified atom stereocenters. The van der Waals surface area contributed by atoms with Crippen molar-refractivity contribution in [3.8, 4) is 0 Å². The van der Waals surface area contributed by atoms with Crippen molar-refractivity contribution < 1.29 is 0 Å². The highest BCUT2D eigenvalue weighted by Crippen LogP contribution is 2.18. The van der Waals surface area contributed by atoms with Crippen LogP contribution in [0, 0.1) is 0 Å². The fourth-order valence-electron chi connectivity index (χ4n) is 2.04. The van der Waals surface area contributed by atoms with Crippen LogP contribution in [0.25, 0.3) is 0 Å². The smallest absolute Gasteiger partial charge is 0.138 e. The third kappa shape index (κ3) is 4.26. The second-order valence-corrected chi connectivity index (χ2v) is 5.14. The zero-order valence-electron chi connectivity index (χ0n) is 11.5. The van der Waals surface area contributed by atoms with Gasteiger partial charge in [-0.25, -0.2) is 9.67 Å². The Kier molecular flexibility index (Phi) is 4.93. The lowest BCUT2D eigenvalue weighted by atomic mass is 10.1. The third-order valence-electron chi connectivity index (χ3n) is 3.22. The van der Waals surface area contributed by atoms with E-state index in [4.69, 9.17) is 0 Å². The Morgan fingerprint density at radius 3 is 3.11 bits per heavy atom. The van der Waals surface area contributed by atoms with Crippen molar-refractivity contribution in [1.29, 1.82) is 0 Å². The van der Waals surface area contributed by atoms with Crippen LogP contribution in [-0.4, -0.2) is 27.4 Å². The highest BCUT2D eigenvalue weighted by molar-refractivity contribution is 5.06. The minimum Gasteiger partial charge on any atom is -0.314 e. The van der Waals surface area contributed by atoms with E-state index in [2.05, 4.69) is 35.3 Å². The molecule has 1 aromatic heterocycles. The van der Waals surface area contributed by atoms with Gasteiger partial charge in [0.1, 0.15) is 12.2 Å². The van der Waals surface area contributed by atoms with Gasteiger partial charge in [0.2, 0.25) is 0 Å². The van der Waals surface area contributed by atoms with Gasteiger partial charge in [0, 0.05) is 19.0 Å². The number of allylic oxidation sites excluding steroid dienone is 1. The van der Waals surface area contributed by atoms with Crippen molar-refractivity contribution in [3.05, 3.63) is 23.8 Å². The van der Waals surface area contributed by atoms with E-state index < -0.39 is 0 Å². The van der Waals surface area contributed by atoms with Gasteiger partial charge in [0.05, 0.1) is 0 Å². The molecule has 0 atom stereocenters. The third-order valence-corrected chi connectivity index (χ3v) is 3.22. The normalized spacial score (nSPS) is 16.2. The summed E-state index contributed by atoms with van der Waals surface area (Å²) in [6, 6.07) is 0.811. The quantitative estimate of drug-likeness (QED) is 0.567. The summed E-state index contributed by atoms with van der Waals surface area (Å²) in [4.78, 5) is 4.34. The molecule has 1 aliphatic rings. The average Bonchev–Trinajstić information content (AvgIpc) is 3.08. The highest BCUT2D eigenvalue weighted by Gasteiger charge is 2.19. The van der Waals surface area contributed by atoms with Gasteiger partial charge < -0.3 is 5.32 Å². The van der Waals surface area contributed by atoms with Gasteiger partial charge in [-0.05, 0) is 39.2 Å². The molecular formula is C14H24N4. The van der Waals surface area contributed by atoms with E-state index in [0.717, 1.165) is 44.2 Å². The van der Waals surface area contributed by atoms with Crippen LogP contribution in [0.3, 0.4) is 0 Å². The zero-order chi connectivity index (χ0) is 12.8. The van der Waals surface area contributed by atoms with Gasteiger partial charge in [-0.15, -0.1) is 0 Å². The summed E-state index contributed by atoms with van der Waals surface area (Å²) < 4.78 is 2.01. The van der Waals surface area contributed by atoms with Gasteiger partial charge in [-0.2, -0.15) is 5.10 Å². The van der Waals surface area contributed by atoms with E-state index in [9.17, 15) is 0 Å².